The minimum atomic E-state index is -0.530. The van der Waals surface area contributed by atoms with Gasteiger partial charge in [0.15, 0.2) is 0 Å². The standard InChI is InChI=1S/C35H30BrN5O4S2/c1-21(32(43)40-35-29(19-37)28-14-15-41(22(2)42)20-31(28)47-35)46-27-13-7-12-26(18-27)38-34(45)30(17-23-8-6-11-25(36)16-23)39-33(44)24-9-4-3-5-10-24/h3-13,16-18,21H,14-15,20H2,1-2H3,(H,38,45)(H,39,44)(H,40,43)/b30-17+. The number of thioether (sulfide) groups is 1. The van der Waals surface area contributed by atoms with E-state index in [0.717, 1.165) is 19.8 Å². The monoisotopic (exact) mass is 727 g/mol. The maximum atomic E-state index is 13.5. The van der Waals surface area contributed by atoms with E-state index in [1.54, 1.807) is 66.4 Å². The Bertz CT molecular complexity index is 1920. The number of thiophene rings is 1. The molecule has 3 N–H and O–H groups in total. The molecule has 1 aromatic heterocycles. The van der Waals surface area contributed by atoms with Gasteiger partial charge >= 0.3 is 0 Å². The van der Waals surface area contributed by atoms with Crippen molar-refractivity contribution >= 4 is 79.4 Å². The Hall–Kier alpha value is -4.70. The molecule has 2 heterocycles. The molecule has 0 spiro atoms. The second kappa shape index (κ2) is 15.3. The van der Waals surface area contributed by atoms with Crippen LogP contribution in [0.4, 0.5) is 10.7 Å². The molecule has 4 aromatic rings. The summed E-state index contributed by atoms with van der Waals surface area (Å²) in [6.07, 6.45) is 2.17. The van der Waals surface area contributed by atoms with Gasteiger partial charge in [0.05, 0.1) is 17.4 Å². The van der Waals surface area contributed by atoms with Crippen LogP contribution >= 0.6 is 39.0 Å². The van der Waals surface area contributed by atoms with Gasteiger partial charge in [0, 0.05) is 39.0 Å². The number of nitrogens with zero attached hydrogens (tertiary/aromatic N) is 2. The molecule has 0 aliphatic carbocycles. The number of rotatable bonds is 9. The molecule has 0 bridgehead atoms. The third-order valence-electron chi connectivity index (χ3n) is 7.31. The number of benzene rings is 3. The van der Waals surface area contributed by atoms with Crippen molar-refractivity contribution in [3.05, 3.63) is 116 Å². The lowest BCUT2D eigenvalue weighted by Crippen LogP contribution is -2.33. The van der Waals surface area contributed by atoms with Gasteiger partial charge in [0.25, 0.3) is 11.8 Å². The minimum Gasteiger partial charge on any atom is -0.337 e. The van der Waals surface area contributed by atoms with Crippen LogP contribution in [-0.2, 0) is 27.3 Å². The number of hydrogen-bond acceptors (Lipinski definition) is 7. The Balaban J connectivity index is 1.28. The summed E-state index contributed by atoms with van der Waals surface area (Å²) in [4.78, 5) is 54.9. The summed E-state index contributed by atoms with van der Waals surface area (Å²) < 4.78 is 0.824. The van der Waals surface area contributed by atoms with Crippen LogP contribution in [0.2, 0.25) is 0 Å². The van der Waals surface area contributed by atoms with Crippen LogP contribution in [0, 0.1) is 11.3 Å². The Morgan fingerprint density at radius 3 is 2.51 bits per heavy atom. The summed E-state index contributed by atoms with van der Waals surface area (Å²) in [5.74, 6) is -1.24. The number of hydrogen-bond donors (Lipinski definition) is 3. The Morgan fingerprint density at radius 2 is 1.79 bits per heavy atom. The first-order valence-electron chi connectivity index (χ1n) is 14.6. The molecule has 0 saturated heterocycles. The molecule has 9 nitrogen and oxygen atoms in total. The lowest BCUT2D eigenvalue weighted by molar-refractivity contribution is -0.129. The van der Waals surface area contributed by atoms with E-state index in [9.17, 15) is 24.4 Å². The van der Waals surface area contributed by atoms with Gasteiger partial charge in [-0.1, -0.05) is 52.3 Å². The number of amides is 4. The van der Waals surface area contributed by atoms with Gasteiger partial charge in [-0.2, -0.15) is 5.26 Å². The van der Waals surface area contributed by atoms with Crippen molar-refractivity contribution in [1.29, 1.82) is 5.26 Å². The number of fused-ring (bicyclic) bond motifs is 1. The lowest BCUT2D eigenvalue weighted by Gasteiger charge is -2.25. The second-order valence-corrected chi connectivity index (χ2v) is 14.1. The summed E-state index contributed by atoms with van der Waals surface area (Å²) in [6, 6.07) is 25.3. The summed E-state index contributed by atoms with van der Waals surface area (Å²) in [7, 11) is 0. The van der Waals surface area contributed by atoms with E-state index < -0.39 is 17.1 Å². The molecule has 12 heteroatoms. The number of anilines is 2. The van der Waals surface area contributed by atoms with E-state index in [1.807, 2.05) is 30.3 Å². The van der Waals surface area contributed by atoms with Gasteiger partial charge in [0.1, 0.15) is 16.8 Å². The van der Waals surface area contributed by atoms with Crippen molar-refractivity contribution in [2.24, 2.45) is 0 Å². The fraction of sp³-hybridized carbons (Fsp3) is 0.171. The topological polar surface area (TPSA) is 131 Å². The van der Waals surface area contributed by atoms with E-state index in [1.165, 1.54) is 30.0 Å². The highest BCUT2D eigenvalue weighted by atomic mass is 79.9. The molecular weight excluding hydrogens is 698 g/mol. The predicted octanol–water partition coefficient (Wildman–Crippen LogP) is 6.82. The van der Waals surface area contributed by atoms with E-state index in [2.05, 4.69) is 37.9 Å². The average Bonchev–Trinajstić information content (AvgIpc) is 3.41. The lowest BCUT2D eigenvalue weighted by atomic mass is 10.0. The molecule has 3 aromatic carbocycles. The first-order valence-corrected chi connectivity index (χ1v) is 17.1. The summed E-state index contributed by atoms with van der Waals surface area (Å²) in [5, 5.41) is 18.3. The average molecular weight is 729 g/mol. The normalized spacial score (nSPS) is 13.1. The first kappa shape index (κ1) is 33.7. The molecule has 5 rings (SSSR count). The fourth-order valence-electron chi connectivity index (χ4n) is 4.90. The SMILES string of the molecule is CC(=O)N1CCc2c(sc(NC(=O)C(C)Sc3cccc(NC(=O)/C(=C\c4cccc(Br)c4)NC(=O)c4ccccc4)c3)c2C#N)C1. The molecule has 47 heavy (non-hydrogen) atoms. The molecule has 1 atom stereocenters. The van der Waals surface area contributed by atoms with Crippen molar-refractivity contribution in [1.82, 2.24) is 10.2 Å². The van der Waals surface area contributed by atoms with Crippen molar-refractivity contribution in [3.8, 4) is 6.07 Å². The number of halogens is 1. The van der Waals surface area contributed by atoms with E-state index in [0.29, 0.717) is 46.9 Å². The third-order valence-corrected chi connectivity index (χ3v) is 10.0. The van der Waals surface area contributed by atoms with Gasteiger partial charge in [-0.15, -0.1) is 23.1 Å². The summed E-state index contributed by atoms with van der Waals surface area (Å²) >= 11 is 6.07. The predicted molar refractivity (Wildman–Crippen MR) is 189 cm³/mol. The largest absolute Gasteiger partial charge is 0.337 e. The van der Waals surface area contributed by atoms with Gasteiger partial charge in [-0.25, -0.2) is 0 Å². The van der Waals surface area contributed by atoms with Gasteiger partial charge in [0.2, 0.25) is 11.8 Å². The highest BCUT2D eigenvalue weighted by Gasteiger charge is 2.27. The van der Waals surface area contributed by atoms with Crippen LogP contribution in [0.3, 0.4) is 0 Å². The van der Waals surface area contributed by atoms with Crippen LogP contribution in [0.1, 0.15) is 45.8 Å². The van der Waals surface area contributed by atoms with Crippen molar-refractivity contribution < 1.29 is 19.2 Å². The van der Waals surface area contributed by atoms with E-state index >= 15 is 0 Å². The number of nitrogens with one attached hydrogen (secondary N) is 3. The van der Waals surface area contributed by atoms with E-state index in [-0.39, 0.29) is 17.5 Å². The van der Waals surface area contributed by atoms with E-state index in [4.69, 9.17) is 0 Å². The van der Waals surface area contributed by atoms with Gasteiger partial charge in [-0.3, -0.25) is 19.2 Å². The van der Waals surface area contributed by atoms with Crippen LogP contribution < -0.4 is 16.0 Å². The molecular formula is C35H30BrN5O4S2. The maximum absolute atomic E-state index is 13.5. The quantitative estimate of drug-likeness (QED) is 0.128. The number of carbonyl (C=O) groups excluding carboxylic acids is 4. The molecule has 238 valence electrons. The Morgan fingerprint density at radius 1 is 1.02 bits per heavy atom. The van der Waals surface area contributed by atoms with Crippen molar-refractivity contribution in [3.63, 3.8) is 0 Å². The van der Waals surface area contributed by atoms with Crippen LogP contribution in [0.15, 0.2) is 93.9 Å². The number of carbonyl (C=O) groups is 4. The van der Waals surface area contributed by atoms with Crippen LogP contribution in [0.5, 0.6) is 0 Å². The molecule has 0 fully saturated rings. The molecule has 0 radical (unpaired) electrons. The van der Waals surface area contributed by atoms with Gasteiger partial charge in [-0.05, 0) is 73.0 Å². The summed E-state index contributed by atoms with van der Waals surface area (Å²) in [5.41, 5.74) is 3.01. The molecule has 4 amide bonds. The van der Waals surface area contributed by atoms with Crippen LogP contribution in [-0.4, -0.2) is 40.3 Å². The Labute approximate surface area is 289 Å². The summed E-state index contributed by atoms with van der Waals surface area (Å²) in [6.45, 7) is 4.26. The zero-order chi connectivity index (χ0) is 33.5. The maximum Gasteiger partial charge on any atom is 0.272 e. The highest BCUT2D eigenvalue weighted by molar-refractivity contribution is 9.10. The third kappa shape index (κ3) is 8.56. The molecule has 1 aliphatic rings. The van der Waals surface area contributed by atoms with Crippen molar-refractivity contribution in [2.75, 3.05) is 17.2 Å². The van der Waals surface area contributed by atoms with Gasteiger partial charge < -0.3 is 20.9 Å². The zero-order valence-corrected chi connectivity index (χ0v) is 28.7. The highest BCUT2D eigenvalue weighted by Crippen LogP contribution is 2.37. The molecule has 0 saturated carbocycles. The number of nitriles is 1. The second-order valence-electron chi connectivity index (χ2n) is 10.7. The molecule has 1 unspecified atom stereocenters. The van der Waals surface area contributed by atoms with Crippen LogP contribution in [0.25, 0.3) is 6.08 Å². The van der Waals surface area contributed by atoms with Crippen molar-refractivity contribution in [2.45, 2.75) is 37.0 Å². The fourth-order valence-corrected chi connectivity index (χ4v) is 7.46. The smallest absolute Gasteiger partial charge is 0.272 e. The molecule has 1 aliphatic heterocycles. The minimum absolute atomic E-state index is 0.0230. The Kier molecular flexibility index (Phi) is 10.9. The zero-order valence-electron chi connectivity index (χ0n) is 25.5. The first-order chi connectivity index (χ1) is 22.6.